The predicted molar refractivity (Wildman–Crippen MR) is 68.1 cm³/mol. The number of aliphatic hydroxyl groups is 1. The van der Waals surface area contributed by atoms with Crippen molar-refractivity contribution in [3.05, 3.63) is 29.8 Å². The highest BCUT2D eigenvalue weighted by Gasteiger charge is 2.11. The summed E-state index contributed by atoms with van der Waals surface area (Å²) in [5.41, 5.74) is 6.40. The Balaban J connectivity index is 0.00000225. The molecule has 3 nitrogen and oxygen atoms in total. The third-order valence-electron chi connectivity index (χ3n) is 1.93. The van der Waals surface area contributed by atoms with E-state index in [0.29, 0.717) is 0 Å². The van der Waals surface area contributed by atoms with Crippen LogP contribution < -0.4 is 10.5 Å². The van der Waals surface area contributed by atoms with Crippen molar-refractivity contribution in [3.8, 4) is 5.75 Å². The van der Waals surface area contributed by atoms with E-state index in [1.807, 2.05) is 45.0 Å². The van der Waals surface area contributed by atoms with Crippen molar-refractivity contribution >= 4 is 12.4 Å². The van der Waals surface area contributed by atoms with Gasteiger partial charge in [-0.3, -0.25) is 0 Å². The number of benzene rings is 1. The zero-order valence-electron chi connectivity index (χ0n) is 9.93. The van der Waals surface area contributed by atoms with Gasteiger partial charge >= 0.3 is 0 Å². The Labute approximate surface area is 103 Å². The minimum absolute atomic E-state index is 0. The Hall–Kier alpha value is -0.770. The van der Waals surface area contributed by atoms with Gasteiger partial charge in [0.25, 0.3) is 0 Å². The van der Waals surface area contributed by atoms with Crippen molar-refractivity contribution in [3.63, 3.8) is 0 Å². The summed E-state index contributed by atoms with van der Waals surface area (Å²) in [6.07, 6.45) is 0. The second kappa shape index (κ2) is 6.09. The van der Waals surface area contributed by atoms with E-state index in [1.54, 1.807) is 0 Å². The summed E-state index contributed by atoms with van der Waals surface area (Å²) in [5, 5.41) is 8.89. The molecule has 1 aromatic rings. The lowest BCUT2D eigenvalue weighted by Gasteiger charge is -2.21. The van der Waals surface area contributed by atoms with Gasteiger partial charge in [-0.2, -0.15) is 0 Å². The van der Waals surface area contributed by atoms with Gasteiger partial charge in [0.1, 0.15) is 11.4 Å². The van der Waals surface area contributed by atoms with E-state index < -0.39 is 0 Å². The molecule has 92 valence electrons. The Morgan fingerprint density at radius 3 is 2.12 bits per heavy atom. The van der Waals surface area contributed by atoms with Gasteiger partial charge < -0.3 is 15.6 Å². The predicted octanol–water partition coefficient (Wildman–Crippen LogP) is 2.28. The van der Waals surface area contributed by atoms with Crippen molar-refractivity contribution in [2.75, 3.05) is 6.61 Å². The first-order valence-corrected chi connectivity index (χ1v) is 5.08. The third-order valence-corrected chi connectivity index (χ3v) is 1.93. The van der Waals surface area contributed by atoms with E-state index in [2.05, 4.69) is 0 Å². The molecule has 0 saturated heterocycles. The average Bonchev–Trinajstić information content (AvgIpc) is 2.15. The number of hydrogen-bond acceptors (Lipinski definition) is 3. The van der Waals surface area contributed by atoms with Crippen LogP contribution in [0.2, 0.25) is 0 Å². The van der Waals surface area contributed by atoms with Gasteiger partial charge in [0.15, 0.2) is 0 Å². The Kier molecular flexibility index (Phi) is 5.79. The number of halogens is 1. The Morgan fingerprint density at radius 2 is 1.75 bits per heavy atom. The van der Waals surface area contributed by atoms with Crippen molar-refractivity contribution in [1.29, 1.82) is 0 Å². The molecule has 4 heteroatoms. The molecule has 1 aromatic carbocycles. The summed E-state index contributed by atoms with van der Waals surface area (Å²) < 4.78 is 5.67. The second-order valence-electron chi connectivity index (χ2n) is 4.57. The number of rotatable bonds is 3. The summed E-state index contributed by atoms with van der Waals surface area (Å²) >= 11 is 0. The Bertz CT molecular complexity index is 306. The van der Waals surface area contributed by atoms with E-state index >= 15 is 0 Å². The van der Waals surface area contributed by atoms with Crippen LogP contribution >= 0.6 is 12.4 Å². The van der Waals surface area contributed by atoms with Crippen LogP contribution in [0.3, 0.4) is 0 Å². The summed E-state index contributed by atoms with van der Waals surface area (Å²) in [6.45, 7) is 5.96. The first-order chi connectivity index (χ1) is 6.92. The number of nitrogens with two attached hydrogens (primary N) is 1. The van der Waals surface area contributed by atoms with Gasteiger partial charge in [0, 0.05) is 0 Å². The van der Waals surface area contributed by atoms with Gasteiger partial charge in [-0.05, 0) is 38.5 Å². The molecule has 0 amide bonds. The van der Waals surface area contributed by atoms with Crippen LogP contribution in [0.25, 0.3) is 0 Å². The molecule has 1 atom stereocenters. The molecule has 0 spiro atoms. The van der Waals surface area contributed by atoms with Crippen LogP contribution in [0, 0.1) is 0 Å². The molecular formula is C12H20ClNO2. The monoisotopic (exact) mass is 245 g/mol. The van der Waals surface area contributed by atoms with Gasteiger partial charge in [-0.15, -0.1) is 12.4 Å². The quantitative estimate of drug-likeness (QED) is 0.859. The molecule has 0 aromatic heterocycles. The largest absolute Gasteiger partial charge is 0.488 e. The second-order valence-corrected chi connectivity index (χ2v) is 4.57. The number of ether oxygens (including phenoxy) is 1. The smallest absolute Gasteiger partial charge is 0.120 e. The minimum Gasteiger partial charge on any atom is -0.488 e. The third kappa shape index (κ3) is 4.84. The lowest BCUT2D eigenvalue weighted by molar-refractivity contribution is 0.131. The van der Waals surface area contributed by atoms with Crippen LogP contribution in [-0.4, -0.2) is 17.3 Å². The fraction of sp³-hybridized carbons (Fsp3) is 0.500. The standard InChI is InChI=1S/C12H19NO2.ClH/c1-12(2,3)15-10-6-4-9(5-7-10)11(13)8-14;/h4-7,11,14H,8,13H2,1-3H3;1H/t11-;/m1./s1. The summed E-state index contributed by atoms with van der Waals surface area (Å²) in [4.78, 5) is 0. The van der Waals surface area contributed by atoms with Crippen LogP contribution in [0.4, 0.5) is 0 Å². The maximum Gasteiger partial charge on any atom is 0.120 e. The van der Waals surface area contributed by atoms with E-state index in [4.69, 9.17) is 15.6 Å². The van der Waals surface area contributed by atoms with E-state index in [-0.39, 0.29) is 30.7 Å². The fourth-order valence-electron chi connectivity index (χ4n) is 1.24. The van der Waals surface area contributed by atoms with E-state index in [1.165, 1.54) is 0 Å². The van der Waals surface area contributed by atoms with Gasteiger partial charge in [-0.25, -0.2) is 0 Å². The van der Waals surface area contributed by atoms with Crippen molar-refractivity contribution in [1.82, 2.24) is 0 Å². The molecule has 16 heavy (non-hydrogen) atoms. The molecule has 0 bridgehead atoms. The number of aliphatic hydroxyl groups excluding tert-OH is 1. The van der Waals surface area contributed by atoms with Crippen LogP contribution in [-0.2, 0) is 0 Å². The maximum absolute atomic E-state index is 8.89. The maximum atomic E-state index is 8.89. The molecule has 0 fully saturated rings. The fourth-order valence-corrected chi connectivity index (χ4v) is 1.24. The minimum atomic E-state index is -0.311. The van der Waals surface area contributed by atoms with Crippen molar-refractivity contribution in [2.45, 2.75) is 32.4 Å². The van der Waals surface area contributed by atoms with Gasteiger partial charge in [-0.1, -0.05) is 12.1 Å². The summed E-state index contributed by atoms with van der Waals surface area (Å²) in [7, 11) is 0. The molecule has 3 N–H and O–H groups in total. The van der Waals surface area contributed by atoms with Crippen LogP contribution in [0.5, 0.6) is 5.75 Å². The molecular weight excluding hydrogens is 226 g/mol. The van der Waals surface area contributed by atoms with Crippen LogP contribution in [0.15, 0.2) is 24.3 Å². The first-order valence-electron chi connectivity index (χ1n) is 5.08. The molecule has 1 rings (SSSR count). The van der Waals surface area contributed by atoms with E-state index in [9.17, 15) is 0 Å². The number of hydrogen-bond donors (Lipinski definition) is 2. The van der Waals surface area contributed by atoms with Gasteiger partial charge in [0.2, 0.25) is 0 Å². The molecule has 0 heterocycles. The molecule has 0 unspecified atom stereocenters. The average molecular weight is 246 g/mol. The Morgan fingerprint density at radius 1 is 1.25 bits per heavy atom. The van der Waals surface area contributed by atoms with Gasteiger partial charge in [0.05, 0.1) is 12.6 Å². The SMILES string of the molecule is CC(C)(C)Oc1ccc([C@H](N)CO)cc1.Cl. The summed E-state index contributed by atoms with van der Waals surface area (Å²) in [6, 6.07) is 7.18. The highest BCUT2D eigenvalue weighted by atomic mass is 35.5. The molecule has 0 radical (unpaired) electrons. The highest BCUT2D eigenvalue weighted by molar-refractivity contribution is 5.85. The zero-order chi connectivity index (χ0) is 11.5. The molecule has 0 aliphatic carbocycles. The normalized spacial score (nSPS) is 12.8. The molecule has 0 saturated carbocycles. The molecule has 0 aliphatic heterocycles. The zero-order valence-corrected chi connectivity index (χ0v) is 10.8. The van der Waals surface area contributed by atoms with Crippen molar-refractivity contribution < 1.29 is 9.84 Å². The van der Waals surface area contributed by atoms with E-state index in [0.717, 1.165) is 11.3 Å². The first kappa shape index (κ1) is 15.2. The summed E-state index contributed by atoms with van der Waals surface area (Å²) in [5.74, 6) is 0.816. The van der Waals surface area contributed by atoms with Crippen molar-refractivity contribution in [2.24, 2.45) is 5.73 Å². The molecule has 0 aliphatic rings. The lowest BCUT2D eigenvalue weighted by atomic mass is 10.1. The topological polar surface area (TPSA) is 55.5 Å². The highest BCUT2D eigenvalue weighted by Crippen LogP contribution is 2.20. The van der Waals surface area contributed by atoms with Crippen LogP contribution in [0.1, 0.15) is 32.4 Å². The lowest BCUT2D eigenvalue weighted by Crippen LogP contribution is -2.23.